The molecule has 2 nitrogen and oxygen atoms in total. The minimum Gasteiger partial charge on any atom is -0.369 e. The topological polar surface area (TPSA) is 32.4 Å². The second-order valence-corrected chi connectivity index (χ2v) is 8.19. The SMILES string of the molecule is CC1CC(CCCC[SiH](C)[O])C(C)C2OC12. The van der Waals surface area contributed by atoms with Crippen LogP contribution in [0.4, 0.5) is 0 Å². The molecule has 1 radical (unpaired) electrons. The van der Waals surface area contributed by atoms with Crippen LogP contribution in [0.3, 0.4) is 0 Å². The standard InChI is InChI=1S/C13H25O2Si/c1-9-8-11(6-4-5-7-16(3)14)10(2)13-12(9)15-13/h9-13,16H,4-8H2,1-3H3. The highest BCUT2D eigenvalue weighted by atomic mass is 28.3. The monoisotopic (exact) mass is 241 g/mol. The number of epoxide rings is 1. The molecule has 16 heavy (non-hydrogen) atoms. The van der Waals surface area contributed by atoms with Gasteiger partial charge in [-0.2, -0.15) is 0 Å². The molecule has 2 fully saturated rings. The van der Waals surface area contributed by atoms with E-state index in [2.05, 4.69) is 13.8 Å². The predicted molar refractivity (Wildman–Crippen MR) is 67.5 cm³/mol. The fourth-order valence-corrected chi connectivity index (χ4v) is 4.19. The number of rotatable bonds is 5. The molecule has 6 unspecified atom stereocenters. The average Bonchev–Trinajstić information content (AvgIpc) is 2.99. The van der Waals surface area contributed by atoms with Crippen LogP contribution in [-0.4, -0.2) is 21.2 Å². The van der Waals surface area contributed by atoms with Gasteiger partial charge in [-0.1, -0.05) is 33.1 Å². The van der Waals surface area contributed by atoms with Gasteiger partial charge in [0.15, 0.2) is 0 Å². The molecule has 0 aromatic carbocycles. The lowest BCUT2D eigenvalue weighted by Gasteiger charge is -2.29. The van der Waals surface area contributed by atoms with E-state index in [9.17, 15) is 4.80 Å². The Morgan fingerprint density at radius 2 is 2.00 bits per heavy atom. The van der Waals surface area contributed by atoms with Crippen LogP contribution < -0.4 is 0 Å². The van der Waals surface area contributed by atoms with Crippen molar-refractivity contribution in [3.8, 4) is 0 Å². The van der Waals surface area contributed by atoms with Gasteiger partial charge in [-0.15, -0.1) is 0 Å². The lowest BCUT2D eigenvalue weighted by atomic mass is 9.73. The zero-order chi connectivity index (χ0) is 11.7. The van der Waals surface area contributed by atoms with Crippen LogP contribution in [0.15, 0.2) is 0 Å². The molecule has 1 heterocycles. The van der Waals surface area contributed by atoms with Crippen LogP contribution in [0, 0.1) is 17.8 Å². The molecule has 0 N–H and O–H groups in total. The molecule has 6 atom stereocenters. The Morgan fingerprint density at radius 3 is 2.69 bits per heavy atom. The molecular weight excluding hydrogens is 216 g/mol. The summed E-state index contributed by atoms with van der Waals surface area (Å²) in [5, 5.41) is 0. The lowest BCUT2D eigenvalue weighted by Crippen LogP contribution is -2.29. The first-order valence-corrected chi connectivity index (χ1v) is 9.35. The van der Waals surface area contributed by atoms with Gasteiger partial charge in [-0.05, 0) is 36.8 Å². The molecule has 3 heteroatoms. The minimum absolute atomic E-state index is 0.571. The molecule has 0 amide bonds. The summed E-state index contributed by atoms with van der Waals surface area (Å²) in [7, 11) is -1.55. The van der Waals surface area contributed by atoms with Crippen LogP contribution in [-0.2, 0) is 9.53 Å². The second kappa shape index (κ2) is 5.19. The Hall–Kier alpha value is 0.137. The average molecular weight is 241 g/mol. The first-order chi connectivity index (χ1) is 7.59. The van der Waals surface area contributed by atoms with Gasteiger partial charge >= 0.3 is 0 Å². The summed E-state index contributed by atoms with van der Waals surface area (Å²) in [5.74, 6) is 2.37. The van der Waals surface area contributed by atoms with Crippen molar-refractivity contribution in [1.82, 2.24) is 0 Å². The van der Waals surface area contributed by atoms with Crippen molar-refractivity contribution in [2.24, 2.45) is 17.8 Å². The van der Waals surface area contributed by atoms with Crippen molar-refractivity contribution in [3.63, 3.8) is 0 Å². The number of unbranched alkanes of at least 4 members (excludes halogenated alkanes) is 1. The Kier molecular flexibility index (Phi) is 4.09. The number of ether oxygens (including phenoxy) is 1. The first-order valence-electron chi connectivity index (χ1n) is 6.91. The third kappa shape index (κ3) is 2.87. The van der Waals surface area contributed by atoms with Crippen LogP contribution in [0.2, 0.25) is 12.6 Å². The molecule has 0 bridgehead atoms. The molecule has 1 saturated carbocycles. The summed E-state index contributed by atoms with van der Waals surface area (Å²) in [6.45, 7) is 6.59. The number of fused-ring (bicyclic) bond motifs is 1. The highest BCUT2D eigenvalue weighted by Crippen LogP contribution is 2.48. The smallest absolute Gasteiger partial charge is 0.219 e. The van der Waals surface area contributed by atoms with E-state index >= 15 is 0 Å². The fourth-order valence-electron chi connectivity index (χ4n) is 3.33. The first kappa shape index (κ1) is 12.6. The fraction of sp³-hybridized carbons (Fsp3) is 1.00. The summed E-state index contributed by atoms with van der Waals surface area (Å²) in [5.41, 5.74) is 0. The second-order valence-electron chi connectivity index (χ2n) is 5.99. The van der Waals surface area contributed by atoms with E-state index in [1.54, 1.807) is 0 Å². The molecule has 1 saturated heterocycles. The van der Waals surface area contributed by atoms with E-state index in [0.717, 1.165) is 23.8 Å². The molecular formula is C13H25O2Si. The van der Waals surface area contributed by atoms with Crippen molar-refractivity contribution in [2.75, 3.05) is 0 Å². The maximum Gasteiger partial charge on any atom is 0.219 e. The maximum absolute atomic E-state index is 11.1. The van der Waals surface area contributed by atoms with E-state index in [-0.39, 0.29) is 0 Å². The van der Waals surface area contributed by atoms with Gasteiger partial charge in [0.1, 0.15) is 0 Å². The van der Waals surface area contributed by atoms with Gasteiger partial charge in [0, 0.05) is 0 Å². The van der Waals surface area contributed by atoms with Crippen molar-refractivity contribution in [2.45, 2.75) is 64.3 Å². The van der Waals surface area contributed by atoms with Crippen molar-refractivity contribution in [3.05, 3.63) is 0 Å². The third-order valence-electron chi connectivity index (χ3n) is 4.49. The Bertz CT molecular complexity index is 232. The molecule has 0 spiro atoms. The van der Waals surface area contributed by atoms with Gasteiger partial charge in [0.2, 0.25) is 9.04 Å². The van der Waals surface area contributed by atoms with Crippen LogP contribution in [0.25, 0.3) is 0 Å². The van der Waals surface area contributed by atoms with E-state index in [1.165, 1.54) is 25.7 Å². The zero-order valence-electron chi connectivity index (χ0n) is 10.8. The van der Waals surface area contributed by atoms with Crippen LogP contribution >= 0.6 is 0 Å². The largest absolute Gasteiger partial charge is 0.369 e. The van der Waals surface area contributed by atoms with Crippen molar-refractivity contribution < 1.29 is 9.53 Å². The molecule has 1 aliphatic carbocycles. The Morgan fingerprint density at radius 1 is 1.25 bits per heavy atom. The minimum atomic E-state index is -1.55. The van der Waals surface area contributed by atoms with E-state index < -0.39 is 9.04 Å². The van der Waals surface area contributed by atoms with E-state index in [4.69, 9.17) is 4.74 Å². The lowest BCUT2D eigenvalue weighted by molar-refractivity contribution is 0.221. The summed E-state index contributed by atoms with van der Waals surface area (Å²) in [6, 6.07) is 0.985. The summed E-state index contributed by atoms with van der Waals surface area (Å²) < 4.78 is 5.73. The van der Waals surface area contributed by atoms with Gasteiger partial charge in [0.25, 0.3) is 0 Å². The number of hydrogen-bond acceptors (Lipinski definition) is 1. The predicted octanol–water partition coefficient (Wildman–Crippen LogP) is 3.00. The molecule has 0 aromatic rings. The Balaban J connectivity index is 1.68. The van der Waals surface area contributed by atoms with Crippen molar-refractivity contribution >= 4 is 9.04 Å². The maximum atomic E-state index is 11.1. The van der Waals surface area contributed by atoms with Gasteiger partial charge in [-0.3, -0.25) is 0 Å². The van der Waals surface area contributed by atoms with Gasteiger partial charge in [-0.25, -0.2) is 0 Å². The summed E-state index contributed by atoms with van der Waals surface area (Å²) >= 11 is 0. The molecule has 2 rings (SSSR count). The van der Waals surface area contributed by atoms with Gasteiger partial charge in [0.05, 0.1) is 12.2 Å². The zero-order valence-corrected chi connectivity index (χ0v) is 12.0. The normalized spacial score (nSPS) is 43.9. The Labute approximate surface area is 101 Å². The summed E-state index contributed by atoms with van der Waals surface area (Å²) in [4.78, 5) is 11.1. The molecule has 93 valence electrons. The van der Waals surface area contributed by atoms with Crippen LogP contribution in [0.1, 0.15) is 39.5 Å². The highest BCUT2D eigenvalue weighted by molar-refractivity contribution is 6.48. The van der Waals surface area contributed by atoms with E-state index in [1.807, 2.05) is 6.55 Å². The highest BCUT2D eigenvalue weighted by Gasteiger charge is 2.52. The quantitative estimate of drug-likeness (QED) is 0.414. The molecule has 2 aliphatic rings. The van der Waals surface area contributed by atoms with Crippen LogP contribution in [0.5, 0.6) is 0 Å². The third-order valence-corrected chi connectivity index (χ3v) is 5.72. The van der Waals surface area contributed by atoms with Gasteiger partial charge < -0.3 is 9.53 Å². The number of hydrogen-bond donors (Lipinski definition) is 0. The molecule has 1 aliphatic heterocycles. The summed E-state index contributed by atoms with van der Waals surface area (Å²) in [6.07, 6.45) is 6.25. The van der Waals surface area contributed by atoms with Crippen molar-refractivity contribution in [1.29, 1.82) is 0 Å². The molecule has 0 aromatic heterocycles. The van der Waals surface area contributed by atoms with E-state index in [0.29, 0.717) is 12.2 Å².